The van der Waals surface area contributed by atoms with Crippen LogP contribution in [0.3, 0.4) is 0 Å². The average molecular weight is 550 g/mol. The number of ether oxygens (including phenoxy) is 1. The van der Waals surface area contributed by atoms with Crippen molar-refractivity contribution >= 4 is 32.7 Å². The first-order valence-electron chi connectivity index (χ1n) is 12.0. The van der Waals surface area contributed by atoms with Crippen LogP contribution in [0.5, 0.6) is 0 Å². The van der Waals surface area contributed by atoms with Crippen LogP contribution in [0.1, 0.15) is 22.9 Å². The topological polar surface area (TPSA) is 191 Å². The molecule has 3 heterocycles. The molecule has 39 heavy (non-hydrogen) atoms. The second-order valence-electron chi connectivity index (χ2n) is 9.01. The van der Waals surface area contributed by atoms with Gasteiger partial charge in [-0.05, 0) is 29.8 Å². The normalized spacial score (nSPS) is 21.0. The summed E-state index contributed by atoms with van der Waals surface area (Å²) in [5.41, 5.74) is 9.86. The van der Waals surface area contributed by atoms with Crippen molar-refractivity contribution in [3.8, 4) is 11.8 Å². The number of hydrogen-bond acceptors (Lipinski definition) is 9. The molecule has 1 aliphatic rings. The van der Waals surface area contributed by atoms with Gasteiger partial charge in [-0.25, -0.2) is 15.1 Å². The molecule has 4 aromatic rings. The Morgan fingerprint density at radius 2 is 1.77 bits per heavy atom. The van der Waals surface area contributed by atoms with Crippen LogP contribution in [0.25, 0.3) is 11.0 Å². The van der Waals surface area contributed by atoms with E-state index in [1.807, 2.05) is 42.5 Å². The Kier molecular flexibility index (Phi) is 7.49. The maximum atomic E-state index is 11.3. The molecule has 12 nitrogen and oxygen atoms in total. The largest absolute Gasteiger partial charge is 0.387 e. The number of aliphatic hydroxyl groups is 2. The maximum absolute atomic E-state index is 11.3. The molecule has 8 N–H and O–H groups in total. The Labute approximate surface area is 224 Å². The van der Waals surface area contributed by atoms with Gasteiger partial charge >= 0.3 is 0 Å². The average Bonchev–Trinajstić information content (AvgIpc) is 3.43. The molecule has 1 aliphatic heterocycles. The minimum absolute atomic E-state index is 0.184. The minimum atomic E-state index is -4.01. The molecule has 4 atom stereocenters. The van der Waals surface area contributed by atoms with Gasteiger partial charge < -0.3 is 30.6 Å². The molecule has 0 aliphatic carbocycles. The van der Waals surface area contributed by atoms with E-state index in [2.05, 4.69) is 44.0 Å². The third-order valence-electron chi connectivity index (χ3n) is 6.30. The first-order valence-corrected chi connectivity index (χ1v) is 13.5. The molecular weight excluding hydrogens is 522 g/mol. The number of aromatic nitrogens is 3. The summed E-state index contributed by atoms with van der Waals surface area (Å²) in [4.78, 5) is 8.34. The predicted molar refractivity (Wildman–Crippen MR) is 145 cm³/mol. The molecule has 202 valence electrons. The van der Waals surface area contributed by atoms with Crippen molar-refractivity contribution in [2.24, 2.45) is 5.14 Å². The summed E-state index contributed by atoms with van der Waals surface area (Å²) in [5.74, 6) is 6.38. The summed E-state index contributed by atoms with van der Waals surface area (Å²) < 4.78 is 31.9. The van der Waals surface area contributed by atoms with Crippen molar-refractivity contribution in [1.82, 2.24) is 19.3 Å². The highest BCUT2D eigenvalue weighted by Gasteiger charge is 2.44. The van der Waals surface area contributed by atoms with Gasteiger partial charge in [0.15, 0.2) is 6.23 Å². The molecular formula is C26H27N7O5S. The SMILES string of the molecule is Nc1ncnc2c1c(C#Cc1ccc(NCc3ccccc3)cc1)cn2[C@@H]1O[C@H](CNS(N)(=O)=O)[C@@H](O)[C@H]1O. The van der Waals surface area contributed by atoms with Crippen molar-refractivity contribution in [1.29, 1.82) is 0 Å². The molecule has 13 heteroatoms. The van der Waals surface area contributed by atoms with Gasteiger partial charge in [0.2, 0.25) is 0 Å². The number of anilines is 2. The summed E-state index contributed by atoms with van der Waals surface area (Å²) in [7, 11) is -4.01. The van der Waals surface area contributed by atoms with Crippen molar-refractivity contribution < 1.29 is 23.4 Å². The van der Waals surface area contributed by atoms with Crippen molar-refractivity contribution in [3.63, 3.8) is 0 Å². The molecule has 0 amide bonds. The monoisotopic (exact) mass is 549 g/mol. The highest BCUT2D eigenvalue weighted by atomic mass is 32.2. The molecule has 1 saturated heterocycles. The van der Waals surface area contributed by atoms with Gasteiger partial charge in [0, 0.05) is 30.5 Å². The molecule has 0 radical (unpaired) electrons. The lowest BCUT2D eigenvalue weighted by Crippen LogP contribution is -2.42. The van der Waals surface area contributed by atoms with Crippen LogP contribution >= 0.6 is 0 Å². The highest BCUT2D eigenvalue weighted by molar-refractivity contribution is 7.87. The van der Waals surface area contributed by atoms with Crippen LogP contribution in [0.4, 0.5) is 11.5 Å². The van der Waals surface area contributed by atoms with E-state index >= 15 is 0 Å². The molecule has 0 bridgehead atoms. The predicted octanol–water partition coefficient (Wildman–Crippen LogP) is 0.438. The first-order chi connectivity index (χ1) is 18.7. The zero-order valence-electron chi connectivity index (χ0n) is 20.6. The fourth-order valence-corrected chi connectivity index (χ4v) is 4.73. The Balaban J connectivity index is 1.38. The van der Waals surface area contributed by atoms with Gasteiger partial charge in [-0.2, -0.15) is 13.1 Å². The molecule has 1 fully saturated rings. The Hall–Kier alpha value is -4.03. The van der Waals surface area contributed by atoms with Crippen LogP contribution in [0.2, 0.25) is 0 Å². The number of nitrogens with zero attached hydrogens (tertiary/aromatic N) is 3. The molecule has 5 rings (SSSR count). The maximum Gasteiger partial charge on any atom is 0.274 e. The number of nitrogen functional groups attached to an aromatic ring is 1. The Morgan fingerprint density at radius 1 is 1.03 bits per heavy atom. The van der Waals surface area contributed by atoms with Gasteiger partial charge in [-0.3, -0.25) is 0 Å². The second kappa shape index (κ2) is 11.0. The first kappa shape index (κ1) is 26.6. The van der Waals surface area contributed by atoms with Crippen LogP contribution < -0.4 is 20.9 Å². The van der Waals surface area contributed by atoms with E-state index in [1.54, 1.807) is 6.20 Å². The second-order valence-corrected chi connectivity index (χ2v) is 10.4. The number of aliphatic hydroxyl groups excluding tert-OH is 2. The molecule has 0 unspecified atom stereocenters. The number of rotatable bonds is 7. The molecule has 2 aromatic heterocycles. The fraction of sp³-hybridized carbons (Fsp3) is 0.231. The molecule has 0 spiro atoms. The highest BCUT2D eigenvalue weighted by Crippen LogP contribution is 2.34. The lowest BCUT2D eigenvalue weighted by molar-refractivity contribution is -0.0327. The summed E-state index contributed by atoms with van der Waals surface area (Å²) in [5, 5.41) is 29.9. The van der Waals surface area contributed by atoms with Crippen molar-refractivity contribution in [3.05, 3.63) is 83.8 Å². The summed E-state index contributed by atoms with van der Waals surface area (Å²) >= 11 is 0. The van der Waals surface area contributed by atoms with E-state index in [-0.39, 0.29) is 12.4 Å². The van der Waals surface area contributed by atoms with Gasteiger partial charge in [-0.15, -0.1) is 0 Å². The van der Waals surface area contributed by atoms with E-state index in [9.17, 15) is 18.6 Å². The lowest BCUT2D eigenvalue weighted by Gasteiger charge is -2.17. The third kappa shape index (κ3) is 6.02. The van der Waals surface area contributed by atoms with E-state index in [0.717, 1.165) is 11.3 Å². The summed E-state index contributed by atoms with van der Waals surface area (Å²) in [6, 6.07) is 17.7. The number of nitrogens with two attached hydrogens (primary N) is 2. The van der Waals surface area contributed by atoms with Crippen LogP contribution in [-0.4, -0.2) is 58.0 Å². The summed E-state index contributed by atoms with van der Waals surface area (Å²) in [6.07, 6.45) is -2.04. The molecule has 0 saturated carbocycles. The van der Waals surface area contributed by atoms with E-state index < -0.39 is 34.7 Å². The van der Waals surface area contributed by atoms with Crippen LogP contribution in [0, 0.1) is 11.8 Å². The number of fused-ring (bicyclic) bond motifs is 1. The Morgan fingerprint density at radius 3 is 2.49 bits per heavy atom. The summed E-state index contributed by atoms with van der Waals surface area (Å²) in [6.45, 7) is 0.375. The minimum Gasteiger partial charge on any atom is -0.387 e. The third-order valence-corrected chi connectivity index (χ3v) is 6.87. The van der Waals surface area contributed by atoms with Gasteiger partial charge in [0.25, 0.3) is 10.2 Å². The van der Waals surface area contributed by atoms with Gasteiger partial charge in [0.1, 0.15) is 36.1 Å². The van der Waals surface area contributed by atoms with Crippen LogP contribution in [0.15, 0.2) is 67.1 Å². The number of nitrogens with one attached hydrogen (secondary N) is 2. The zero-order chi connectivity index (χ0) is 27.6. The zero-order valence-corrected chi connectivity index (χ0v) is 21.4. The van der Waals surface area contributed by atoms with Gasteiger partial charge in [0.05, 0.1) is 10.9 Å². The van der Waals surface area contributed by atoms with Crippen molar-refractivity contribution in [2.45, 2.75) is 31.1 Å². The quantitative estimate of drug-likeness (QED) is 0.178. The fourth-order valence-electron chi connectivity index (χ4n) is 4.33. The number of hydrogen-bond donors (Lipinski definition) is 6. The van der Waals surface area contributed by atoms with Crippen molar-refractivity contribution in [2.75, 3.05) is 17.6 Å². The smallest absolute Gasteiger partial charge is 0.274 e. The number of benzene rings is 2. The van der Waals surface area contributed by atoms with E-state index in [4.69, 9.17) is 15.6 Å². The lowest BCUT2D eigenvalue weighted by atomic mass is 10.1. The molecule has 2 aromatic carbocycles. The van der Waals surface area contributed by atoms with E-state index in [1.165, 1.54) is 16.5 Å². The Bertz CT molecular complexity index is 1630. The van der Waals surface area contributed by atoms with Crippen LogP contribution in [-0.2, 0) is 21.5 Å². The standard InChI is InChI=1S/C26H27N7O5S/c27-24-21-18(9-6-16-7-10-19(11-8-16)29-12-17-4-2-1-3-5-17)14-33(25(21)31-15-30-24)26-23(35)22(34)20(38-26)13-32-39(28,36)37/h1-5,7-8,10-11,14-15,20,22-23,26,29,32,34-35H,12-13H2,(H2,27,30,31)(H2,28,36,37)/t20-,22-,23-,26-/m1/s1. The van der Waals surface area contributed by atoms with E-state index in [0.29, 0.717) is 23.1 Å². The van der Waals surface area contributed by atoms with Gasteiger partial charge in [-0.1, -0.05) is 42.2 Å².